The van der Waals surface area contributed by atoms with E-state index in [9.17, 15) is 9.59 Å². The van der Waals surface area contributed by atoms with Crippen LogP contribution in [0.5, 0.6) is 0 Å². The lowest BCUT2D eigenvalue weighted by molar-refractivity contribution is -0.125. The second-order valence-electron chi connectivity index (χ2n) is 12.6. The fourth-order valence-electron chi connectivity index (χ4n) is 8.92. The van der Waals surface area contributed by atoms with Gasteiger partial charge in [0.25, 0.3) is 0 Å². The Morgan fingerprint density at radius 3 is 2.83 bits per heavy atom. The molecule has 7 atom stereocenters. The highest BCUT2D eigenvalue weighted by Gasteiger charge is 2.56. The van der Waals surface area contributed by atoms with Crippen molar-refractivity contribution in [3.05, 3.63) is 70.7 Å². The number of fused-ring (bicyclic) bond motifs is 6. The number of rotatable bonds is 4. The standard InChI is InChI=1S/C33H40O2S/c1-32-18-16-25(34)20-24(32)11-13-27-28(32)9-5-6-17-33(2)29(27)14-15-30(33)31(35)21-36-26-12-10-22-7-3-4-8-23(22)19-26/h3-4,7,10,12,16,18-20,23,27-30H,5-6,8-9,11,13-15,17,21H2,1-2H3. The van der Waals surface area contributed by atoms with Crippen molar-refractivity contribution in [3.63, 3.8) is 0 Å². The van der Waals surface area contributed by atoms with Crippen molar-refractivity contribution in [2.45, 2.75) is 71.6 Å². The molecule has 6 aliphatic rings. The number of carbonyl (C=O) groups excluding carboxylic acids is 2. The van der Waals surface area contributed by atoms with Crippen LogP contribution in [0.4, 0.5) is 0 Å². The summed E-state index contributed by atoms with van der Waals surface area (Å²) in [5, 5.41) is 0. The van der Waals surface area contributed by atoms with Crippen LogP contribution in [0.15, 0.2) is 70.7 Å². The van der Waals surface area contributed by atoms with E-state index >= 15 is 0 Å². The van der Waals surface area contributed by atoms with Gasteiger partial charge in [0.05, 0.1) is 5.75 Å². The van der Waals surface area contributed by atoms with Gasteiger partial charge in [-0.15, -0.1) is 11.8 Å². The molecular weight excluding hydrogens is 460 g/mol. The molecule has 190 valence electrons. The molecule has 0 radical (unpaired) electrons. The summed E-state index contributed by atoms with van der Waals surface area (Å²) in [6.45, 7) is 4.86. The van der Waals surface area contributed by atoms with Gasteiger partial charge in [0.15, 0.2) is 5.78 Å². The normalized spacial score (nSPS) is 41.1. The van der Waals surface area contributed by atoms with Crippen molar-refractivity contribution < 1.29 is 9.59 Å². The van der Waals surface area contributed by atoms with Crippen LogP contribution < -0.4 is 0 Å². The Balaban J connectivity index is 1.18. The van der Waals surface area contributed by atoms with E-state index in [0.29, 0.717) is 35.2 Å². The topological polar surface area (TPSA) is 34.1 Å². The molecule has 3 heteroatoms. The van der Waals surface area contributed by atoms with Crippen LogP contribution in [0.2, 0.25) is 0 Å². The fourth-order valence-corrected chi connectivity index (χ4v) is 9.86. The highest BCUT2D eigenvalue weighted by molar-refractivity contribution is 8.03. The lowest BCUT2D eigenvalue weighted by Crippen LogP contribution is -2.47. The van der Waals surface area contributed by atoms with Gasteiger partial charge in [0.1, 0.15) is 5.78 Å². The van der Waals surface area contributed by atoms with E-state index in [2.05, 4.69) is 56.4 Å². The van der Waals surface area contributed by atoms with Crippen LogP contribution in [0.3, 0.4) is 0 Å². The summed E-state index contributed by atoms with van der Waals surface area (Å²) < 4.78 is 0. The first-order valence-corrected chi connectivity index (χ1v) is 15.2. The molecule has 36 heavy (non-hydrogen) atoms. The third kappa shape index (κ3) is 4.10. The second kappa shape index (κ2) is 9.46. The molecular formula is C33H40O2S. The molecule has 0 saturated heterocycles. The second-order valence-corrected chi connectivity index (χ2v) is 13.6. The first-order valence-electron chi connectivity index (χ1n) is 14.2. The average Bonchev–Trinajstić information content (AvgIpc) is 3.20. The smallest absolute Gasteiger partial charge is 0.178 e. The highest BCUT2D eigenvalue weighted by atomic mass is 32.2. The third-order valence-corrected chi connectivity index (χ3v) is 11.9. The van der Waals surface area contributed by atoms with Gasteiger partial charge in [0.2, 0.25) is 0 Å². The fraction of sp³-hybridized carbons (Fsp3) is 0.576. The van der Waals surface area contributed by atoms with Gasteiger partial charge in [-0.3, -0.25) is 9.59 Å². The minimum absolute atomic E-state index is 0.0222. The summed E-state index contributed by atoms with van der Waals surface area (Å²) in [6, 6.07) is 0. The Morgan fingerprint density at radius 2 is 1.94 bits per heavy atom. The lowest BCUT2D eigenvalue weighted by atomic mass is 9.50. The average molecular weight is 501 g/mol. The van der Waals surface area contributed by atoms with Crippen molar-refractivity contribution in [1.29, 1.82) is 0 Å². The Kier molecular flexibility index (Phi) is 6.43. The van der Waals surface area contributed by atoms with Gasteiger partial charge in [-0.05, 0) is 91.9 Å². The van der Waals surface area contributed by atoms with Gasteiger partial charge < -0.3 is 0 Å². The van der Waals surface area contributed by atoms with Crippen LogP contribution in [-0.2, 0) is 9.59 Å². The molecule has 3 saturated carbocycles. The Labute approximate surface area is 221 Å². The number of ketones is 2. The summed E-state index contributed by atoms with van der Waals surface area (Å²) in [7, 11) is 0. The summed E-state index contributed by atoms with van der Waals surface area (Å²) in [4.78, 5) is 27.1. The zero-order chi connectivity index (χ0) is 24.9. The van der Waals surface area contributed by atoms with Crippen LogP contribution >= 0.6 is 11.8 Å². The molecule has 3 fully saturated rings. The molecule has 0 aromatic heterocycles. The molecule has 0 aliphatic heterocycles. The molecule has 0 heterocycles. The third-order valence-electron chi connectivity index (χ3n) is 10.9. The van der Waals surface area contributed by atoms with E-state index in [4.69, 9.17) is 0 Å². The van der Waals surface area contributed by atoms with Gasteiger partial charge in [0, 0.05) is 22.2 Å². The maximum atomic E-state index is 13.8. The van der Waals surface area contributed by atoms with E-state index in [1.54, 1.807) is 11.8 Å². The van der Waals surface area contributed by atoms with E-state index < -0.39 is 0 Å². The minimum atomic E-state index is 0.0222. The number of hydrogen-bond acceptors (Lipinski definition) is 3. The summed E-state index contributed by atoms with van der Waals surface area (Å²) in [5.41, 5.74) is 2.89. The largest absolute Gasteiger partial charge is 0.298 e. The summed E-state index contributed by atoms with van der Waals surface area (Å²) in [5.74, 6) is 3.80. The predicted molar refractivity (Wildman–Crippen MR) is 149 cm³/mol. The van der Waals surface area contributed by atoms with Crippen molar-refractivity contribution in [1.82, 2.24) is 0 Å². The van der Waals surface area contributed by atoms with Gasteiger partial charge in [-0.2, -0.15) is 0 Å². The number of thioether (sulfide) groups is 1. The Bertz CT molecular complexity index is 1130. The van der Waals surface area contributed by atoms with Crippen molar-refractivity contribution >= 4 is 23.3 Å². The quantitative estimate of drug-likeness (QED) is 0.393. The predicted octanol–water partition coefficient (Wildman–Crippen LogP) is 7.95. The monoisotopic (exact) mass is 500 g/mol. The van der Waals surface area contributed by atoms with E-state index in [-0.39, 0.29) is 22.5 Å². The number of carbonyl (C=O) groups is 2. The minimum Gasteiger partial charge on any atom is -0.298 e. The SMILES string of the molecule is CC12C=CC(=O)C=C1CCC1C2CCCCC2(C)C(C(=O)CSC3=CC4CC=CC=C4C=C3)CCC12. The first-order chi connectivity index (χ1) is 17.4. The van der Waals surface area contributed by atoms with Gasteiger partial charge in [-0.25, -0.2) is 0 Å². The Hall–Kier alpha value is -1.87. The zero-order valence-electron chi connectivity index (χ0n) is 21.9. The zero-order valence-corrected chi connectivity index (χ0v) is 22.7. The van der Waals surface area contributed by atoms with Crippen LogP contribution in [0.1, 0.15) is 71.6 Å². The number of Topliss-reactive ketones (excluding diaryl/α,β-unsaturated/α-hetero) is 1. The van der Waals surface area contributed by atoms with Gasteiger partial charge >= 0.3 is 0 Å². The lowest BCUT2D eigenvalue weighted by Gasteiger charge is -2.54. The maximum Gasteiger partial charge on any atom is 0.178 e. The molecule has 6 rings (SSSR count). The van der Waals surface area contributed by atoms with Crippen molar-refractivity contribution in [2.75, 3.05) is 5.75 Å². The Morgan fingerprint density at radius 1 is 1.06 bits per heavy atom. The van der Waals surface area contributed by atoms with E-state index in [1.807, 2.05) is 12.2 Å². The first kappa shape index (κ1) is 24.5. The number of allylic oxidation sites excluding steroid dienone is 11. The van der Waals surface area contributed by atoms with E-state index in [0.717, 1.165) is 19.3 Å². The van der Waals surface area contributed by atoms with Crippen molar-refractivity contribution in [3.8, 4) is 0 Å². The highest BCUT2D eigenvalue weighted by Crippen LogP contribution is 2.63. The molecule has 0 amide bonds. The molecule has 0 aromatic rings. The van der Waals surface area contributed by atoms with Crippen LogP contribution in [0.25, 0.3) is 0 Å². The van der Waals surface area contributed by atoms with E-state index in [1.165, 1.54) is 54.6 Å². The van der Waals surface area contributed by atoms with Gasteiger partial charge in [-0.1, -0.05) is 68.7 Å². The molecule has 2 nitrogen and oxygen atoms in total. The molecule has 6 aliphatic carbocycles. The molecule has 0 spiro atoms. The molecule has 0 aromatic carbocycles. The van der Waals surface area contributed by atoms with Crippen molar-refractivity contribution in [2.24, 2.45) is 40.4 Å². The number of hydrogen-bond donors (Lipinski definition) is 0. The van der Waals surface area contributed by atoms with Crippen LogP contribution in [0, 0.1) is 40.4 Å². The summed E-state index contributed by atoms with van der Waals surface area (Å²) >= 11 is 1.76. The summed E-state index contributed by atoms with van der Waals surface area (Å²) in [6.07, 6.45) is 29.9. The molecule has 0 bridgehead atoms. The maximum absolute atomic E-state index is 13.8. The van der Waals surface area contributed by atoms with Crippen LogP contribution in [-0.4, -0.2) is 17.3 Å². The molecule has 7 unspecified atom stereocenters. The molecule has 0 N–H and O–H groups in total.